The molecule has 0 unspecified atom stereocenters. The van der Waals surface area contributed by atoms with Gasteiger partial charge in [0.05, 0.1) is 12.1 Å². The standard InChI is InChI=1S/C13H13BrFNO2/c14-10-2-3-11(15)9(7-10)1-4-12(18)16-13(8-17)5-6-13/h1-4,7,17H,5-6,8H2,(H,16,18)/b4-1+. The van der Waals surface area contributed by atoms with Crippen LogP contribution in [-0.4, -0.2) is 23.2 Å². The topological polar surface area (TPSA) is 49.3 Å². The van der Waals surface area contributed by atoms with Crippen molar-refractivity contribution >= 4 is 27.9 Å². The summed E-state index contributed by atoms with van der Waals surface area (Å²) in [5.74, 6) is -0.702. The predicted octanol–water partition coefficient (Wildman–Crippen LogP) is 2.24. The fourth-order valence-electron chi connectivity index (χ4n) is 1.58. The summed E-state index contributed by atoms with van der Waals surface area (Å²) in [5.41, 5.74) is -0.106. The molecule has 18 heavy (non-hydrogen) atoms. The van der Waals surface area contributed by atoms with Gasteiger partial charge in [0.1, 0.15) is 5.82 Å². The second kappa shape index (κ2) is 5.20. The molecule has 0 aliphatic heterocycles. The van der Waals surface area contributed by atoms with Crippen LogP contribution in [-0.2, 0) is 4.79 Å². The Morgan fingerprint density at radius 1 is 1.56 bits per heavy atom. The zero-order chi connectivity index (χ0) is 13.2. The van der Waals surface area contributed by atoms with Crippen molar-refractivity contribution in [3.05, 3.63) is 40.1 Å². The largest absolute Gasteiger partial charge is 0.394 e. The smallest absolute Gasteiger partial charge is 0.244 e. The number of nitrogens with one attached hydrogen (secondary N) is 1. The lowest BCUT2D eigenvalue weighted by atomic mass is 10.2. The molecule has 0 spiro atoms. The molecule has 5 heteroatoms. The van der Waals surface area contributed by atoms with Crippen LogP contribution in [0.2, 0.25) is 0 Å². The normalized spacial score (nSPS) is 16.8. The van der Waals surface area contributed by atoms with Crippen LogP contribution in [0.4, 0.5) is 4.39 Å². The molecule has 1 aliphatic carbocycles. The SMILES string of the molecule is O=C(/C=C/c1cc(Br)ccc1F)NC1(CO)CC1. The average Bonchev–Trinajstić information content (AvgIpc) is 3.11. The third kappa shape index (κ3) is 3.17. The fourth-order valence-corrected chi connectivity index (χ4v) is 1.96. The van der Waals surface area contributed by atoms with Crippen LogP contribution in [0.5, 0.6) is 0 Å². The van der Waals surface area contributed by atoms with Crippen molar-refractivity contribution in [2.45, 2.75) is 18.4 Å². The molecule has 0 aromatic heterocycles. The quantitative estimate of drug-likeness (QED) is 0.838. The van der Waals surface area contributed by atoms with E-state index in [-0.39, 0.29) is 18.3 Å². The molecular formula is C13H13BrFNO2. The van der Waals surface area contributed by atoms with Gasteiger partial charge in [-0.15, -0.1) is 0 Å². The molecule has 1 aromatic carbocycles. The lowest BCUT2D eigenvalue weighted by molar-refractivity contribution is -0.117. The van der Waals surface area contributed by atoms with Gasteiger partial charge in [0.15, 0.2) is 0 Å². The van der Waals surface area contributed by atoms with Gasteiger partial charge in [-0.05, 0) is 37.1 Å². The zero-order valence-corrected chi connectivity index (χ0v) is 11.2. The number of benzene rings is 1. The molecule has 96 valence electrons. The van der Waals surface area contributed by atoms with E-state index in [1.807, 2.05) is 0 Å². The van der Waals surface area contributed by atoms with Gasteiger partial charge in [-0.2, -0.15) is 0 Å². The molecular weight excluding hydrogens is 301 g/mol. The first-order valence-electron chi connectivity index (χ1n) is 5.61. The van der Waals surface area contributed by atoms with Crippen LogP contribution in [0, 0.1) is 5.82 Å². The number of amides is 1. The second-order valence-electron chi connectivity index (χ2n) is 4.43. The summed E-state index contributed by atoms with van der Waals surface area (Å²) in [5, 5.41) is 11.8. The average molecular weight is 314 g/mol. The summed E-state index contributed by atoms with van der Waals surface area (Å²) in [7, 11) is 0. The van der Waals surface area contributed by atoms with E-state index in [9.17, 15) is 9.18 Å². The molecule has 1 aliphatic rings. The summed E-state index contributed by atoms with van der Waals surface area (Å²) >= 11 is 3.24. The van der Waals surface area contributed by atoms with E-state index < -0.39 is 5.54 Å². The summed E-state index contributed by atoms with van der Waals surface area (Å²) in [6.07, 6.45) is 4.27. The maximum Gasteiger partial charge on any atom is 0.244 e. The van der Waals surface area contributed by atoms with Crippen LogP contribution in [0.15, 0.2) is 28.7 Å². The molecule has 0 heterocycles. The number of hydrogen-bond acceptors (Lipinski definition) is 2. The lowest BCUT2D eigenvalue weighted by Gasteiger charge is -2.11. The third-order valence-electron chi connectivity index (χ3n) is 2.92. The minimum Gasteiger partial charge on any atom is -0.394 e. The maximum absolute atomic E-state index is 13.4. The van der Waals surface area contributed by atoms with E-state index >= 15 is 0 Å². The first-order chi connectivity index (χ1) is 8.54. The summed E-state index contributed by atoms with van der Waals surface area (Å²) < 4.78 is 14.1. The van der Waals surface area contributed by atoms with E-state index in [0.29, 0.717) is 5.56 Å². The number of carbonyl (C=O) groups is 1. The highest BCUT2D eigenvalue weighted by Crippen LogP contribution is 2.34. The maximum atomic E-state index is 13.4. The first-order valence-corrected chi connectivity index (χ1v) is 6.40. The first kappa shape index (κ1) is 13.2. The highest BCUT2D eigenvalue weighted by molar-refractivity contribution is 9.10. The van der Waals surface area contributed by atoms with Crippen molar-refractivity contribution in [1.82, 2.24) is 5.32 Å². The second-order valence-corrected chi connectivity index (χ2v) is 5.34. The summed E-state index contributed by atoms with van der Waals surface area (Å²) in [6.45, 7) is -0.0577. The molecule has 0 radical (unpaired) electrons. The van der Waals surface area contributed by atoms with Gasteiger partial charge in [0.2, 0.25) is 5.91 Å². The predicted molar refractivity (Wildman–Crippen MR) is 70.3 cm³/mol. The van der Waals surface area contributed by atoms with Crippen LogP contribution < -0.4 is 5.32 Å². The van der Waals surface area contributed by atoms with Crippen molar-refractivity contribution in [3.63, 3.8) is 0 Å². The molecule has 0 bridgehead atoms. The van der Waals surface area contributed by atoms with E-state index in [1.165, 1.54) is 18.2 Å². The van der Waals surface area contributed by atoms with Gasteiger partial charge >= 0.3 is 0 Å². The number of hydrogen-bond donors (Lipinski definition) is 2. The monoisotopic (exact) mass is 313 g/mol. The molecule has 1 fully saturated rings. The number of aliphatic hydroxyl groups excluding tert-OH is 1. The Morgan fingerprint density at radius 3 is 2.89 bits per heavy atom. The molecule has 2 rings (SSSR count). The Bertz CT molecular complexity index is 498. The van der Waals surface area contributed by atoms with Crippen LogP contribution in [0.1, 0.15) is 18.4 Å². The Morgan fingerprint density at radius 2 is 2.28 bits per heavy atom. The summed E-state index contributed by atoms with van der Waals surface area (Å²) in [6, 6.07) is 4.52. The molecule has 1 aromatic rings. The Balaban J connectivity index is 2.02. The van der Waals surface area contributed by atoms with Gasteiger partial charge in [0, 0.05) is 16.1 Å². The highest BCUT2D eigenvalue weighted by Gasteiger charge is 2.42. The van der Waals surface area contributed by atoms with Gasteiger partial charge in [0.25, 0.3) is 0 Å². The minimum atomic E-state index is -0.447. The van der Waals surface area contributed by atoms with E-state index in [4.69, 9.17) is 5.11 Å². The van der Waals surface area contributed by atoms with Crippen molar-refractivity contribution in [1.29, 1.82) is 0 Å². The van der Waals surface area contributed by atoms with Gasteiger partial charge < -0.3 is 10.4 Å². The van der Waals surface area contributed by atoms with Crippen molar-refractivity contribution < 1.29 is 14.3 Å². The molecule has 0 atom stereocenters. The van der Waals surface area contributed by atoms with Crippen molar-refractivity contribution in [3.8, 4) is 0 Å². The van der Waals surface area contributed by atoms with E-state index in [0.717, 1.165) is 17.3 Å². The Kier molecular flexibility index (Phi) is 3.82. The van der Waals surface area contributed by atoms with Crippen LogP contribution >= 0.6 is 15.9 Å². The number of halogens is 2. The molecule has 0 saturated heterocycles. The molecule has 2 N–H and O–H groups in total. The van der Waals surface area contributed by atoms with Gasteiger partial charge in [-0.25, -0.2) is 4.39 Å². The lowest BCUT2D eigenvalue weighted by Crippen LogP contribution is -2.38. The van der Waals surface area contributed by atoms with Gasteiger partial charge in [-0.3, -0.25) is 4.79 Å². The van der Waals surface area contributed by atoms with Crippen molar-refractivity contribution in [2.75, 3.05) is 6.61 Å². The Labute approximate surface area is 113 Å². The Hall–Kier alpha value is -1.20. The number of aliphatic hydroxyl groups is 1. The number of rotatable bonds is 4. The van der Waals surface area contributed by atoms with Crippen LogP contribution in [0.25, 0.3) is 6.08 Å². The number of carbonyl (C=O) groups excluding carboxylic acids is 1. The van der Waals surface area contributed by atoms with E-state index in [1.54, 1.807) is 12.1 Å². The minimum absolute atomic E-state index is 0.0577. The zero-order valence-electron chi connectivity index (χ0n) is 9.62. The fraction of sp³-hybridized carbons (Fsp3) is 0.308. The molecule has 1 saturated carbocycles. The van der Waals surface area contributed by atoms with Crippen LogP contribution in [0.3, 0.4) is 0 Å². The van der Waals surface area contributed by atoms with Gasteiger partial charge in [-0.1, -0.05) is 15.9 Å². The molecule has 1 amide bonds. The summed E-state index contributed by atoms with van der Waals surface area (Å²) in [4.78, 5) is 11.6. The molecule has 3 nitrogen and oxygen atoms in total. The highest BCUT2D eigenvalue weighted by atomic mass is 79.9. The third-order valence-corrected chi connectivity index (χ3v) is 3.41. The van der Waals surface area contributed by atoms with E-state index in [2.05, 4.69) is 21.2 Å². The van der Waals surface area contributed by atoms with Crippen molar-refractivity contribution in [2.24, 2.45) is 0 Å².